The summed E-state index contributed by atoms with van der Waals surface area (Å²) in [6, 6.07) is 1.80. The van der Waals surface area contributed by atoms with Crippen molar-refractivity contribution in [1.29, 1.82) is 0 Å². The van der Waals surface area contributed by atoms with E-state index < -0.39 is 0 Å². The lowest BCUT2D eigenvalue weighted by atomic mass is 9.78. The van der Waals surface area contributed by atoms with E-state index in [1.165, 1.54) is 6.42 Å². The quantitative estimate of drug-likeness (QED) is 0.839. The normalized spacial score (nSPS) is 21.4. The molecule has 3 rings (SSSR count). The van der Waals surface area contributed by atoms with Crippen molar-refractivity contribution in [2.75, 3.05) is 26.2 Å². The van der Waals surface area contributed by atoms with Gasteiger partial charge < -0.3 is 10.2 Å². The minimum absolute atomic E-state index is 0. The maximum atomic E-state index is 12.3. The first kappa shape index (κ1) is 14.3. The number of halogens is 1. The maximum Gasteiger partial charge on any atom is 0.272 e. The van der Waals surface area contributed by atoms with Gasteiger partial charge in [0.25, 0.3) is 5.91 Å². The number of hydrogen-bond donors (Lipinski definition) is 1. The molecule has 2 fully saturated rings. The summed E-state index contributed by atoms with van der Waals surface area (Å²) in [6.45, 7) is 4.02. The second kappa shape index (κ2) is 5.51. The van der Waals surface area contributed by atoms with Gasteiger partial charge in [-0.05, 0) is 37.3 Å². The van der Waals surface area contributed by atoms with Gasteiger partial charge in [-0.3, -0.25) is 9.48 Å². The molecule has 0 bridgehead atoms. The second-order valence-electron chi connectivity index (χ2n) is 5.56. The summed E-state index contributed by atoms with van der Waals surface area (Å²) >= 11 is 0. The molecule has 19 heavy (non-hydrogen) atoms. The molecule has 0 aliphatic carbocycles. The Balaban J connectivity index is 0.00000133. The summed E-state index contributed by atoms with van der Waals surface area (Å²) in [6.07, 6.45) is 5.20. The number of aryl methyl sites for hydroxylation is 1. The molecular weight excluding hydrogens is 264 g/mol. The molecule has 1 N–H and O–H groups in total. The van der Waals surface area contributed by atoms with E-state index in [2.05, 4.69) is 10.4 Å². The first-order valence-electron chi connectivity index (χ1n) is 6.68. The molecule has 0 saturated carbocycles. The zero-order valence-corrected chi connectivity index (χ0v) is 12.1. The van der Waals surface area contributed by atoms with Crippen LogP contribution in [-0.4, -0.2) is 46.8 Å². The van der Waals surface area contributed by atoms with Gasteiger partial charge in [-0.25, -0.2) is 0 Å². The van der Waals surface area contributed by atoms with Gasteiger partial charge in [0.05, 0.1) is 0 Å². The largest absolute Gasteiger partial charge is 0.337 e. The van der Waals surface area contributed by atoms with Crippen LogP contribution in [0.25, 0.3) is 0 Å². The predicted molar refractivity (Wildman–Crippen MR) is 75.5 cm³/mol. The first-order valence-corrected chi connectivity index (χ1v) is 6.68. The minimum Gasteiger partial charge on any atom is -0.337 e. The lowest BCUT2D eigenvalue weighted by Crippen LogP contribution is -2.44. The third kappa shape index (κ3) is 2.62. The number of likely N-dealkylation sites (tertiary alicyclic amines) is 1. The molecule has 6 heteroatoms. The van der Waals surface area contributed by atoms with E-state index in [0.717, 1.165) is 39.0 Å². The van der Waals surface area contributed by atoms with Gasteiger partial charge in [-0.1, -0.05) is 0 Å². The molecule has 1 amide bonds. The number of carbonyl (C=O) groups excluding carboxylic acids is 1. The smallest absolute Gasteiger partial charge is 0.272 e. The Morgan fingerprint density at radius 3 is 2.63 bits per heavy atom. The molecule has 0 radical (unpaired) electrons. The minimum atomic E-state index is 0. The molecule has 1 aromatic rings. The van der Waals surface area contributed by atoms with Crippen molar-refractivity contribution >= 4 is 18.3 Å². The Kier molecular flexibility index (Phi) is 4.16. The molecule has 2 aliphatic heterocycles. The number of nitrogens with zero attached hydrogens (tertiary/aromatic N) is 3. The molecule has 3 heterocycles. The van der Waals surface area contributed by atoms with Crippen molar-refractivity contribution in [2.45, 2.75) is 19.3 Å². The van der Waals surface area contributed by atoms with Crippen LogP contribution in [0.5, 0.6) is 0 Å². The van der Waals surface area contributed by atoms with Gasteiger partial charge in [-0.15, -0.1) is 12.4 Å². The molecule has 0 aromatic carbocycles. The highest BCUT2D eigenvalue weighted by Crippen LogP contribution is 2.37. The van der Waals surface area contributed by atoms with Gasteiger partial charge in [-0.2, -0.15) is 5.10 Å². The van der Waals surface area contributed by atoms with Gasteiger partial charge in [0.15, 0.2) is 0 Å². The monoisotopic (exact) mass is 284 g/mol. The highest BCUT2D eigenvalue weighted by Gasteiger charge is 2.38. The molecule has 5 nitrogen and oxygen atoms in total. The van der Waals surface area contributed by atoms with Crippen molar-refractivity contribution < 1.29 is 4.79 Å². The number of hydrogen-bond acceptors (Lipinski definition) is 3. The first-order chi connectivity index (χ1) is 8.70. The Hall–Kier alpha value is -1.07. The Bertz CT molecular complexity index is 443. The summed E-state index contributed by atoms with van der Waals surface area (Å²) in [7, 11) is 1.82. The summed E-state index contributed by atoms with van der Waals surface area (Å²) in [5.74, 6) is 0.121. The van der Waals surface area contributed by atoms with Crippen LogP contribution in [0.4, 0.5) is 0 Å². The van der Waals surface area contributed by atoms with E-state index >= 15 is 0 Å². The molecule has 1 aromatic heterocycles. The summed E-state index contributed by atoms with van der Waals surface area (Å²) in [4.78, 5) is 14.3. The Morgan fingerprint density at radius 1 is 1.37 bits per heavy atom. The van der Waals surface area contributed by atoms with E-state index in [-0.39, 0.29) is 18.3 Å². The average molecular weight is 285 g/mol. The molecular formula is C13H21ClN4O. The van der Waals surface area contributed by atoms with Crippen molar-refractivity contribution in [3.05, 3.63) is 18.0 Å². The Labute approximate surface area is 119 Å². The molecule has 106 valence electrons. The number of amides is 1. The molecule has 0 atom stereocenters. The molecule has 1 spiro atoms. The lowest BCUT2D eigenvalue weighted by Gasteiger charge is -2.38. The van der Waals surface area contributed by atoms with Crippen molar-refractivity contribution in [1.82, 2.24) is 20.0 Å². The fraction of sp³-hybridized carbons (Fsp3) is 0.692. The fourth-order valence-corrected chi connectivity index (χ4v) is 3.15. The maximum absolute atomic E-state index is 12.3. The molecule has 2 saturated heterocycles. The molecule has 0 unspecified atom stereocenters. The van der Waals surface area contributed by atoms with Crippen LogP contribution < -0.4 is 5.32 Å². The summed E-state index contributed by atoms with van der Waals surface area (Å²) in [5.41, 5.74) is 1.15. The van der Waals surface area contributed by atoms with E-state index in [4.69, 9.17) is 0 Å². The third-order valence-electron chi connectivity index (χ3n) is 4.48. The van der Waals surface area contributed by atoms with Crippen LogP contribution in [0.15, 0.2) is 12.3 Å². The standard InChI is InChI=1S/C13H20N4O.ClH/c1-16-11(2-6-15-16)12(18)17-8-4-13(5-9-17)3-7-14-10-13;/h2,6,14H,3-5,7-10H2,1H3;1H. The Morgan fingerprint density at radius 2 is 2.11 bits per heavy atom. The predicted octanol–water partition coefficient (Wildman–Crippen LogP) is 1.06. The van der Waals surface area contributed by atoms with E-state index in [9.17, 15) is 4.79 Å². The second-order valence-corrected chi connectivity index (χ2v) is 5.56. The van der Waals surface area contributed by atoms with E-state index in [0.29, 0.717) is 11.1 Å². The van der Waals surface area contributed by atoms with Crippen LogP contribution in [0.3, 0.4) is 0 Å². The van der Waals surface area contributed by atoms with Gasteiger partial charge in [0.1, 0.15) is 5.69 Å². The van der Waals surface area contributed by atoms with Crippen LogP contribution in [-0.2, 0) is 7.05 Å². The zero-order valence-electron chi connectivity index (χ0n) is 11.3. The summed E-state index contributed by atoms with van der Waals surface area (Å²) < 4.78 is 1.66. The highest BCUT2D eigenvalue weighted by atomic mass is 35.5. The van der Waals surface area contributed by atoms with Gasteiger partial charge in [0, 0.05) is 32.9 Å². The lowest BCUT2D eigenvalue weighted by molar-refractivity contribution is 0.0597. The molecule has 2 aliphatic rings. The average Bonchev–Trinajstić information content (AvgIpc) is 2.99. The number of carbonyl (C=O) groups is 1. The van der Waals surface area contributed by atoms with Gasteiger partial charge >= 0.3 is 0 Å². The van der Waals surface area contributed by atoms with E-state index in [1.807, 2.05) is 11.9 Å². The van der Waals surface area contributed by atoms with Crippen LogP contribution in [0.1, 0.15) is 29.8 Å². The zero-order chi connectivity index (χ0) is 12.6. The topological polar surface area (TPSA) is 50.2 Å². The van der Waals surface area contributed by atoms with Crippen LogP contribution in [0, 0.1) is 5.41 Å². The number of nitrogens with one attached hydrogen (secondary N) is 1. The van der Waals surface area contributed by atoms with Crippen molar-refractivity contribution in [3.8, 4) is 0 Å². The number of rotatable bonds is 1. The van der Waals surface area contributed by atoms with Crippen molar-refractivity contribution in [3.63, 3.8) is 0 Å². The SMILES string of the molecule is Cl.Cn1nccc1C(=O)N1CCC2(CCNC2)CC1. The number of aromatic nitrogens is 2. The fourth-order valence-electron chi connectivity index (χ4n) is 3.15. The summed E-state index contributed by atoms with van der Waals surface area (Å²) in [5, 5.41) is 7.51. The van der Waals surface area contributed by atoms with Crippen LogP contribution in [0.2, 0.25) is 0 Å². The highest BCUT2D eigenvalue weighted by molar-refractivity contribution is 5.92. The number of piperidine rings is 1. The van der Waals surface area contributed by atoms with Crippen molar-refractivity contribution in [2.24, 2.45) is 12.5 Å². The third-order valence-corrected chi connectivity index (χ3v) is 4.48. The van der Waals surface area contributed by atoms with Gasteiger partial charge in [0.2, 0.25) is 0 Å². The van der Waals surface area contributed by atoms with E-state index in [1.54, 1.807) is 16.9 Å². The van der Waals surface area contributed by atoms with Crippen LogP contribution >= 0.6 is 12.4 Å².